The Morgan fingerprint density at radius 2 is 2.07 bits per heavy atom. The second kappa shape index (κ2) is 9.53. The number of anilines is 1. The van der Waals surface area contributed by atoms with Crippen molar-refractivity contribution in [2.75, 3.05) is 19.0 Å². The Hall–Kier alpha value is -2.63. The Labute approximate surface area is 175 Å². The van der Waals surface area contributed by atoms with Crippen LogP contribution in [-0.4, -0.2) is 25.6 Å². The maximum Gasteiger partial charge on any atom is 0.341 e. The molecule has 0 spiro atoms. The number of aryl methyl sites for hydroxylation is 1. The highest BCUT2D eigenvalue weighted by Gasteiger charge is 2.23. The van der Waals surface area contributed by atoms with Gasteiger partial charge in [-0.3, -0.25) is 4.79 Å². The summed E-state index contributed by atoms with van der Waals surface area (Å²) in [5, 5.41) is 12.5. The third-order valence-electron chi connectivity index (χ3n) is 3.94. The molecule has 0 aliphatic heterocycles. The smallest absolute Gasteiger partial charge is 0.341 e. The Kier molecular flexibility index (Phi) is 7.38. The number of nitriles is 1. The monoisotopic (exact) mass is 462 g/mol. The van der Waals surface area contributed by atoms with Gasteiger partial charge >= 0.3 is 5.97 Å². The van der Waals surface area contributed by atoms with Crippen LogP contribution in [0.3, 0.4) is 0 Å². The van der Waals surface area contributed by atoms with E-state index in [-0.39, 0.29) is 12.2 Å². The van der Waals surface area contributed by atoms with Crippen molar-refractivity contribution < 1.29 is 19.1 Å². The van der Waals surface area contributed by atoms with Crippen LogP contribution in [0.1, 0.15) is 33.3 Å². The van der Waals surface area contributed by atoms with Crippen LogP contribution in [-0.2, 0) is 9.53 Å². The van der Waals surface area contributed by atoms with Crippen LogP contribution in [0.4, 0.5) is 5.00 Å². The van der Waals surface area contributed by atoms with Crippen LogP contribution >= 0.6 is 27.3 Å². The zero-order valence-corrected chi connectivity index (χ0v) is 18.3. The van der Waals surface area contributed by atoms with Crippen LogP contribution in [0.25, 0.3) is 6.08 Å². The first kappa shape index (κ1) is 21.7. The molecule has 0 unspecified atom stereocenters. The van der Waals surface area contributed by atoms with Gasteiger partial charge in [0.25, 0.3) is 5.91 Å². The molecule has 0 saturated heterocycles. The lowest BCUT2D eigenvalue weighted by Crippen LogP contribution is -2.16. The molecule has 1 amide bonds. The quantitative estimate of drug-likeness (QED) is 0.376. The van der Waals surface area contributed by atoms with Gasteiger partial charge in [-0.1, -0.05) is 6.07 Å². The van der Waals surface area contributed by atoms with E-state index in [2.05, 4.69) is 21.2 Å². The van der Waals surface area contributed by atoms with Gasteiger partial charge in [0.2, 0.25) is 0 Å². The van der Waals surface area contributed by atoms with Crippen molar-refractivity contribution in [1.29, 1.82) is 5.26 Å². The number of benzene rings is 1. The second-order valence-electron chi connectivity index (χ2n) is 5.73. The Morgan fingerprint density at radius 1 is 1.36 bits per heavy atom. The molecule has 0 atom stereocenters. The molecule has 0 aliphatic rings. The predicted octanol–water partition coefficient (Wildman–Crippen LogP) is 4.86. The largest absolute Gasteiger partial charge is 0.496 e. The fourth-order valence-electron chi connectivity index (χ4n) is 2.42. The number of ether oxygens (including phenoxy) is 2. The van der Waals surface area contributed by atoms with E-state index in [0.717, 1.165) is 10.4 Å². The van der Waals surface area contributed by atoms with Gasteiger partial charge in [-0.25, -0.2) is 4.79 Å². The number of halogens is 1. The number of thiophene rings is 1. The van der Waals surface area contributed by atoms with Crippen LogP contribution in [0.15, 0.2) is 28.2 Å². The van der Waals surface area contributed by atoms with E-state index in [1.54, 1.807) is 39.2 Å². The lowest BCUT2D eigenvalue weighted by molar-refractivity contribution is -0.112. The van der Waals surface area contributed by atoms with Gasteiger partial charge in [0.15, 0.2) is 0 Å². The van der Waals surface area contributed by atoms with Gasteiger partial charge in [0.05, 0.1) is 23.8 Å². The minimum Gasteiger partial charge on any atom is -0.496 e. The minimum absolute atomic E-state index is 0.0874. The summed E-state index contributed by atoms with van der Waals surface area (Å²) in [6.45, 7) is 5.60. The highest BCUT2D eigenvalue weighted by Crippen LogP contribution is 2.33. The van der Waals surface area contributed by atoms with Crippen molar-refractivity contribution in [2.24, 2.45) is 0 Å². The minimum atomic E-state index is -0.596. The summed E-state index contributed by atoms with van der Waals surface area (Å²) in [7, 11) is 1.55. The average Bonchev–Trinajstić information content (AvgIpc) is 2.93. The van der Waals surface area contributed by atoms with Crippen molar-refractivity contribution in [1.82, 2.24) is 0 Å². The summed E-state index contributed by atoms with van der Waals surface area (Å²) in [5.74, 6) is -0.453. The number of amides is 1. The van der Waals surface area contributed by atoms with Gasteiger partial charge in [0.1, 0.15) is 22.4 Å². The normalized spacial score (nSPS) is 10.9. The number of carbonyl (C=O) groups excluding carboxylic acids is 2. The number of esters is 1. The Balaban J connectivity index is 2.33. The molecule has 0 fully saturated rings. The lowest BCUT2D eigenvalue weighted by atomic mass is 10.1. The third kappa shape index (κ3) is 4.80. The van der Waals surface area contributed by atoms with Crippen molar-refractivity contribution in [3.63, 3.8) is 0 Å². The summed E-state index contributed by atoms with van der Waals surface area (Å²) in [5.41, 5.74) is 1.64. The molecule has 0 radical (unpaired) electrons. The van der Waals surface area contributed by atoms with E-state index in [4.69, 9.17) is 9.47 Å². The average molecular weight is 463 g/mol. The van der Waals surface area contributed by atoms with E-state index in [1.807, 2.05) is 13.0 Å². The molecule has 146 valence electrons. The van der Waals surface area contributed by atoms with Gasteiger partial charge < -0.3 is 14.8 Å². The number of rotatable bonds is 6. The fourth-order valence-corrected chi connectivity index (χ4v) is 4.02. The molecule has 1 aromatic carbocycles. The number of carbonyl (C=O) groups is 2. The zero-order valence-electron chi connectivity index (χ0n) is 15.9. The SMILES string of the molecule is CCOC(=O)c1c(NC(=O)/C(C#N)=C\c2ccc(OC)c(Br)c2)sc(C)c1C. The van der Waals surface area contributed by atoms with Crippen LogP contribution in [0.2, 0.25) is 0 Å². The predicted molar refractivity (Wildman–Crippen MR) is 113 cm³/mol. The van der Waals surface area contributed by atoms with Crippen molar-refractivity contribution in [3.05, 3.63) is 49.8 Å². The third-order valence-corrected chi connectivity index (χ3v) is 5.69. The van der Waals surface area contributed by atoms with Crippen molar-refractivity contribution >= 4 is 50.2 Å². The molecule has 2 rings (SSSR count). The first-order valence-electron chi connectivity index (χ1n) is 8.36. The topological polar surface area (TPSA) is 88.4 Å². The summed E-state index contributed by atoms with van der Waals surface area (Å²) >= 11 is 4.65. The van der Waals surface area contributed by atoms with Gasteiger partial charge in [-0.05, 0) is 66.0 Å². The fraction of sp³-hybridized carbons (Fsp3) is 0.250. The highest BCUT2D eigenvalue weighted by molar-refractivity contribution is 9.10. The Morgan fingerprint density at radius 3 is 2.64 bits per heavy atom. The molecule has 8 heteroatoms. The standard InChI is InChI=1S/C20H19BrN2O4S/c1-5-27-20(25)17-11(2)12(3)28-19(17)23-18(24)14(10-22)8-13-6-7-16(26-4)15(21)9-13/h6-9H,5H2,1-4H3,(H,23,24)/b14-8-. The molecule has 6 nitrogen and oxygen atoms in total. The van der Waals surface area contributed by atoms with Crippen LogP contribution < -0.4 is 10.1 Å². The number of nitrogens with zero attached hydrogens (tertiary/aromatic N) is 1. The van der Waals surface area contributed by atoms with Gasteiger partial charge in [-0.15, -0.1) is 11.3 Å². The molecule has 1 N–H and O–H groups in total. The summed E-state index contributed by atoms with van der Waals surface area (Å²) in [6, 6.07) is 7.11. The van der Waals surface area contributed by atoms with E-state index in [9.17, 15) is 14.9 Å². The number of nitrogens with one attached hydrogen (secondary N) is 1. The van der Waals surface area contributed by atoms with Gasteiger partial charge in [0, 0.05) is 4.88 Å². The number of methoxy groups -OCH3 is 1. The van der Waals surface area contributed by atoms with Crippen molar-refractivity contribution in [2.45, 2.75) is 20.8 Å². The van der Waals surface area contributed by atoms with E-state index in [0.29, 0.717) is 26.4 Å². The summed E-state index contributed by atoms with van der Waals surface area (Å²) < 4.78 is 11.0. The molecule has 28 heavy (non-hydrogen) atoms. The van der Waals surface area contributed by atoms with Crippen molar-refractivity contribution in [3.8, 4) is 11.8 Å². The molecule has 2 aromatic rings. The maximum atomic E-state index is 12.6. The van der Waals surface area contributed by atoms with Crippen LogP contribution in [0, 0.1) is 25.2 Å². The molecule has 1 heterocycles. The highest BCUT2D eigenvalue weighted by atomic mass is 79.9. The van der Waals surface area contributed by atoms with E-state index < -0.39 is 11.9 Å². The summed E-state index contributed by atoms with van der Waals surface area (Å²) in [4.78, 5) is 25.8. The molecular formula is C20H19BrN2O4S. The lowest BCUT2D eigenvalue weighted by Gasteiger charge is -2.07. The van der Waals surface area contributed by atoms with E-state index >= 15 is 0 Å². The Bertz CT molecular complexity index is 989. The molecule has 0 bridgehead atoms. The van der Waals surface area contributed by atoms with Gasteiger partial charge in [-0.2, -0.15) is 5.26 Å². The number of hydrogen-bond donors (Lipinski definition) is 1. The second-order valence-corrected chi connectivity index (χ2v) is 7.80. The number of hydrogen-bond acceptors (Lipinski definition) is 6. The zero-order chi connectivity index (χ0) is 20.8. The molecular weight excluding hydrogens is 444 g/mol. The molecule has 0 aliphatic carbocycles. The maximum absolute atomic E-state index is 12.6. The molecule has 1 aromatic heterocycles. The molecule has 0 saturated carbocycles. The van der Waals surface area contributed by atoms with E-state index in [1.165, 1.54) is 17.4 Å². The van der Waals surface area contributed by atoms with Crippen LogP contribution in [0.5, 0.6) is 5.75 Å². The summed E-state index contributed by atoms with van der Waals surface area (Å²) in [6.07, 6.45) is 1.47. The first-order chi connectivity index (χ1) is 13.3. The first-order valence-corrected chi connectivity index (χ1v) is 9.97.